The summed E-state index contributed by atoms with van der Waals surface area (Å²) in [5.74, 6) is 0.0178. The van der Waals surface area contributed by atoms with Gasteiger partial charge in [0.25, 0.3) is 0 Å². The average molecular weight is 225 g/mol. The summed E-state index contributed by atoms with van der Waals surface area (Å²) in [4.78, 5) is 7.59. The van der Waals surface area contributed by atoms with Crippen LogP contribution in [0.1, 0.15) is 25.7 Å². The van der Waals surface area contributed by atoms with Crippen LogP contribution < -0.4 is 5.32 Å². The zero-order valence-corrected chi connectivity index (χ0v) is 9.16. The van der Waals surface area contributed by atoms with Gasteiger partial charge < -0.3 is 10.1 Å². The van der Waals surface area contributed by atoms with Crippen molar-refractivity contribution in [2.45, 2.75) is 31.8 Å². The first-order valence-corrected chi connectivity index (χ1v) is 5.67. The van der Waals surface area contributed by atoms with Gasteiger partial charge in [-0.15, -0.1) is 0 Å². The molecule has 1 N–H and O–H groups in total. The number of nitrogens with one attached hydrogen (secondary N) is 1. The molecule has 0 atom stereocenters. The third-order valence-electron chi connectivity index (χ3n) is 2.66. The van der Waals surface area contributed by atoms with E-state index in [9.17, 15) is 4.39 Å². The SMILES string of the molecule is Fc1cnc(NCCOC2CCCC2)nc1. The van der Waals surface area contributed by atoms with Gasteiger partial charge in [-0.2, -0.15) is 0 Å². The predicted molar refractivity (Wildman–Crippen MR) is 58.7 cm³/mol. The van der Waals surface area contributed by atoms with Gasteiger partial charge in [-0.25, -0.2) is 14.4 Å². The van der Waals surface area contributed by atoms with Crippen LogP contribution in [-0.2, 0) is 4.74 Å². The Morgan fingerprint density at radius 2 is 2.00 bits per heavy atom. The highest BCUT2D eigenvalue weighted by atomic mass is 19.1. The van der Waals surface area contributed by atoms with Crippen molar-refractivity contribution >= 4 is 5.95 Å². The number of hydrogen-bond acceptors (Lipinski definition) is 4. The molecule has 0 bridgehead atoms. The van der Waals surface area contributed by atoms with E-state index in [4.69, 9.17) is 4.74 Å². The van der Waals surface area contributed by atoms with Crippen molar-refractivity contribution in [3.8, 4) is 0 Å². The Hall–Kier alpha value is -1.23. The summed E-state index contributed by atoms with van der Waals surface area (Å²) in [7, 11) is 0. The highest BCUT2D eigenvalue weighted by molar-refractivity contribution is 5.21. The molecular formula is C11H16FN3O. The normalized spacial score (nSPS) is 16.6. The molecule has 0 aromatic carbocycles. The van der Waals surface area contributed by atoms with Crippen molar-refractivity contribution in [3.63, 3.8) is 0 Å². The van der Waals surface area contributed by atoms with Crippen LogP contribution in [0.3, 0.4) is 0 Å². The molecule has 1 fully saturated rings. The number of nitrogens with zero attached hydrogens (tertiary/aromatic N) is 2. The van der Waals surface area contributed by atoms with E-state index < -0.39 is 5.82 Å². The Bertz CT molecular complexity index is 312. The predicted octanol–water partition coefficient (Wildman–Crippen LogP) is 1.99. The summed E-state index contributed by atoms with van der Waals surface area (Å²) >= 11 is 0. The van der Waals surface area contributed by atoms with Gasteiger partial charge in [-0.05, 0) is 12.8 Å². The molecule has 5 heteroatoms. The van der Waals surface area contributed by atoms with Crippen LogP contribution in [0, 0.1) is 5.82 Å². The number of hydrogen-bond donors (Lipinski definition) is 1. The Labute approximate surface area is 94.2 Å². The summed E-state index contributed by atoms with van der Waals surface area (Å²) in [6.07, 6.45) is 7.62. The lowest BCUT2D eigenvalue weighted by molar-refractivity contribution is 0.0658. The van der Waals surface area contributed by atoms with E-state index >= 15 is 0 Å². The summed E-state index contributed by atoms with van der Waals surface area (Å²) in [5, 5.41) is 2.98. The average Bonchev–Trinajstić information content (AvgIpc) is 2.80. The molecule has 88 valence electrons. The Balaban J connectivity index is 1.62. The number of aromatic nitrogens is 2. The first-order chi connectivity index (χ1) is 7.84. The van der Waals surface area contributed by atoms with E-state index in [0.29, 0.717) is 25.2 Å². The number of rotatable bonds is 5. The number of halogens is 1. The van der Waals surface area contributed by atoms with Gasteiger partial charge in [-0.1, -0.05) is 12.8 Å². The van der Waals surface area contributed by atoms with Crippen LogP contribution >= 0.6 is 0 Å². The molecule has 2 rings (SSSR count). The molecule has 0 unspecified atom stereocenters. The monoisotopic (exact) mass is 225 g/mol. The molecule has 1 aromatic rings. The molecule has 1 aliphatic rings. The fraction of sp³-hybridized carbons (Fsp3) is 0.636. The van der Waals surface area contributed by atoms with Gasteiger partial charge in [0.2, 0.25) is 5.95 Å². The van der Waals surface area contributed by atoms with Gasteiger partial charge in [0.05, 0.1) is 25.1 Å². The van der Waals surface area contributed by atoms with E-state index in [1.54, 1.807) is 0 Å². The minimum atomic E-state index is -0.423. The second kappa shape index (κ2) is 5.75. The second-order valence-electron chi connectivity index (χ2n) is 3.93. The van der Waals surface area contributed by atoms with E-state index in [0.717, 1.165) is 12.4 Å². The van der Waals surface area contributed by atoms with Gasteiger partial charge in [0, 0.05) is 6.54 Å². The van der Waals surface area contributed by atoms with Gasteiger partial charge >= 0.3 is 0 Å². The first-order valence-electron chi connectivity index (χ1n) is 5.67. The number of ether oxygens (including phenoxy) is 1. The molecular weight excluding hydrogens is 209 g/mol. The summed E-state index contributed by atoms with van der Waals surface area (Å²) in [6.45, 7) is 1.30. The van der Waals surface area contributed by atoms with E-state index in [-0.39, 0.29) is 0 Å². The minimum Gasteiger partial charge on any atom is -0.376 e. The Morgan fingerprint density at radius 1 is 1.31 bits per heavy atom. The largest absolute Gasteiger partial charge is 0.376 e. The molecule has 1 aliphatic carbocycles. The smallest absolute Gasteiger partial charge is 0.222 e. The van der Waals surface area contributed by atoms with Crippen molar-refractivity contribution < 1.29 is 9.13 Å². The molecule has 0 saturated heterocycles. The van der Waals surface area contributed by atoms with Crippen LogP contribution in [0.4, 0.5) is 10.3 Å². The molecule has 0 spiro atoms. The zero-order valence-electron chi connectivity index (χ0n) is 9.16. The fourth-order valence-electron chi connectivity index (χ4n) is 1.85. The quantitative estimate of drug-likeness (QED) is 0.778. The Morgan fingerprint density at radius 3 is 2.69 bits per heavy atom. The molecule has 1 aromatic heterocycles. The first kappa shape index (κ1) is 11.3. The molecule has 0 aliphatic heterocycles. The van der Waals surface area contributed by atoms with Crippen LogP contribution in [0.15, 0.2) is 12.4 Å². The Kier molecular flexibility index (Phi) is 4.04. The molecule has 0 amide bonds. The fourth-order valence-corrected chi connectivity index (χ4v) is 1.85. The topological polar surface area (TPSA) is 47.0 Å². The summed E-state index contributed by atoms with van der Waals surface area (Å²) < 4.78 is 18.2. The maximum Gasteiger partial charge on any atom is 0.222 e. The van der Waals surface area contributed by atoms with Gasteiger partial charge in [-0.3, -0.25) is 0 Å². The van der Waals surface area contributed by atoms with Crippen LogP contribution in [0.5, 0.6) is 0 Å². The van der Waals surface area contributed by atoms with Crippen molar-refractivity contribution in [3.05, 3.63) is 18.2 Å². The van der Waals surface area contributed by atoms with Crippen LogP contribution in [0.25, 0.3) is 0 Å². The van der Waals surface area contributed by atoms with Crippen LogP contribution in [-0.4, -0.2) is 29.2 Å². The zero-order chi connectivity index (χ0) is 11.2. The van der Waals surface area contributed by atoms with E-state index in [1.807, 2.05) is 0 Å². The molecule has 4 nitrogen and oxygen atoms in total. The summed E-state index contributed by atoms with van der Waals surface area (Å²) in [5.41, 5.74) is 0. The van der Waals surface area contributed by atoms with Crippen molar-refractivity contribution in [1.29, 1.82) is 0 Å². The van der Waals surface area contributed by atoms with Crippen molar-refractivity contribution in [2.75, 3.05) is 18.5 Å². The lowest BCUT2D eigenvalue weighted by atomic mass is 10.3. The lowest BCUT2D eigenvalue weighted by Crippen LogP contribution is -2.16. The lowest BCUT2D eigenvalue weighted by Gasteiger charge is -2.11. The summed E-state index contributed by atoms with van der Waals surface area (Å²) in [6, 6.07) is 0. The van der Waals surface area contributed by atoms with E-state index in [1.165, 1.54) is 25.7 Å². The van der Waals surface area contributed by atoms with Crippen molar-refractivity contribution in [1.82, 2.24) is 9.97 Å². The highest BCUT2D eigenvalue weighted by Crippen LogP contribution is 2.20. The molecule has 1 heterocycles. The second-order valence-corrected chi connectivity index (χ2v) is 3.93. The molecule has 0 radical (unpaired) electrons. The molecule has 16 heavy (non-hydrogen) atoms. The third-order valence-corrected chi connectivity index (χ3v) is 2.66. The van der Waals surface area contributed by atoms with Crippen molar-refractivity contribution in [2.24, 2.45) is 0 Å². The standard InChI is InChI=1S/C11H16FN3O/c12-9-7-14-11(15-8-9)13-5-6-16-10-3-1-2-4-10/h7-8,10H,1-6H2,(H,13,14,15). The maximum absolute atomic E-state index is 12.5. The van der Waals surface area contributed by atoms with Gasteiger partial charge in [0.1, 0.15) is 0 Å². The highest BCUT2D eigenvalue weighted by Gasteiger charge is 2.14. The minimum absolute atomic E-state index is 0.423. The van der Waals surface area contributed by atoms with Gasteiger partial charge in [0.15, 0.2) is 5.82 Å². The maximum atomic E-state index is 12.5. The molecule has 1 saturated carbocycles. The number of anilines is 1. The van der Waals surface area contributed by atoms with E-state index in [2.05, 4.69) is 15.3 Å². The van der Waals surface area contributed by atoms with Crippen LogP contribution in [0.2, 0.25) is 0 Å². The third kappa shape index (κ3) is 3.41.